The number of amides is 1. The van der Waals surface area contributed by atoms with Crippen molar-refractivity contribution < 1.29 is 9.53 Å². The molecular formula is C20H21N3O2S2. The maximum absolute atomic E-state index is 12.2. The first kappa shape index (κ1) is 19.4. The Kier molecular flexibility index (Phi) is 7.24. The highest BCUT2D eigenvalue weighted by molar-refractivity contribution is 8.01. The van der Waals surface area contributed by atoms with Gasteiger partial charge in [-0.15, -0.1) is 10.2 Å². The second-order valence-electron chi connectivity index (χ2n) is 5.85. The maximum Gasteiger partial charge on any atom is 0.230 e. The van der Waals surface area contributed by atoms with Crippen molar-refractivity contribution in [1.82, 2.24) is 10.2 Å². The average Bonchev–Trinajstić information content (AvgIpc) is 3.13. The van der Waals surface area contributed by atoms with Gasteiger partial charge in [0, 0.05) is 11.3 Å². The number of aromatic nitrogens is 2. The van der Waals surface area contributed by atoms with Crippen LogP contribution in [-0.2, 0) is 17.6 Å². The molecule has 0 fully saturated rings. The summed E-state index contributed by atoms with van der Waals surface area (Å²) in [6.45, 7) is 0. The number of benzene rings is 2. The van der Waals surface area contributed by atoms with Gasteiger partial charge in [0.25, 0.3) is 0 Å². The van der Waals surface area contributed by atoms with E-state index < -0.39 is 0 Å². The van der Waals surface area contributed by atoms with E-state index in [1.807, 2.05) is 30.3 Å². The fraction of sp³-hybridized carbons (Fsp3) is 0.250. The third kappa shape index (κ3) is 6.08. The number of para-hydroxylation sites is 1. The number of nitrogens with zero attached hydrogens (tertiary/aromatic N) is 2. The SMILES string of the molecule is COc1ccccc1CC(=O)Nc1nnc(SCCCc2ccccc2)s1. The number of anilines is 1. The van der Waals surface area contributed by atoms with E-state index >= 15 is 0 Å². The molecule has 0 unspecified atom stereocenters. The Balaban J connectivity index is 1.44. The van der Waals surface area contributed by atoms with E-state index in [0.29, 0.717) is 10.9 Å². The second kappa shape index (κ2) is 10.1. The lowest BCUT2D eigenvalue weighted by Crippen LogP contribution is -2.14. The van der Waals surface area contributed by atoms with Gasteiger partial charge < -0.3 is 10.1 Å². The number of carbonyl (C=O) groups is 1. The first-order valence-corrected chi connectivity index (χ1v) is 10.5. The molecule has 0 aliphatic heterocycles. The number of aryl methyl sites for hydroxylation is 1. The molecule has 2 aromatic carbocycles. The van der Waals surface area contributed by atoms with Crippen LogP contribution in [0, 0.1) is 0 Å². The molecule has 0 aliphatic rings. The van der Waals surface area contributed by atoms with E-state index in [0.717, 1.165) is 28.5 Å². The molecule has 1 N–H and O–H groups in total. The molecule has 27 heavy (non-hydrogen) atoms. The van der Waals surface area contributed by atoms with Crippen molar-refractivity contribution in [1.29, 1.82) is 0 Å². The molecule has 1 heterocycles. The summed E-state index contributed by atoms with van der Waals surface area (Å²) >= 11 is 3.08. The van der Waals surface area contributed by atoms with E-state index in [4.69, 9.17) is 4.74 Å². The average molecular weight is 400 g/mol. The Hall–Kier alpha value is -2.38. The van der Waals surface area contributed by atoms with Gasteiger partial charge in [-0.3, -0.25) is 4.79 Å². The molecule has 0 saturated heterocycles. The van der Waals surface area contributed by atoms with Crippen molar-refractivity contribution in [2.24, 2.45) is 0 Å². The molecule has 0 saturated carbocycles. The highest BCUT2D eigenvalue weighted by atomic mass is 32.2. The van der Waals surface area contributed by atoms with E-state index in [1.165, 1.54) is 16.9 Å². The Labute approximate surface area is 167 Å². The Bertz CT molecular complexity index is 868. The van der Waals surface area contributed by atoms with E-state index in [-0.39, 0.29) is 12.3 Å². The molecule has 0 atom stereocenters. The largest absolute Gasteiger partial charge is 0.496 e. The van der Waals surface area contributed by atoms with Crippen molar-refractivity contribution in [3.05, 3.63) is 65.7 Å². The van der Waals surface area contributed by atoms with Gasteiger partial charge in [-0.25, -0.2) is 0 Å². The minimum Gasteiger partial charge on any atom is -0.496 e. The number of thioether (sulfide) groups is 1. The first-order valence-electron chi connectivity index (χ1n) is 8.66. The van der Waals surface area contributed by atoms with Crippen LogP contribution >= 0.6 is 23.1 Å². The van der Waals surface area contributed by atoms with E-state index in [1.54, 1.807) is 18.9 Å². The zero-order chi connectivity index (χ0) is 18.9. The number of ether oxygens (including phenoxy) is 1. The van der Waals surface area contributed by atoms with Crippen molar-refractivity contribution in [2.75, 3.05) is 18.2 Å². The number of nitrogens with one attached hydrogen (secondary N) is 1. The lowest BCUT2D eigenvalue weighted by molar-refractivity contribution is -0.115. The monoisotopic (exact) mass is 399 g/mol. The fourth-order valence-electron chi connectivity index (χ4n) is 2.58. The van der Waals surface area contributed by atoms with Crippen LogP contribution in [0.3, 0.4) is 0 Å². The highest BCUT2D eigenvalue weighted by Crippen LogP contribution is 2.26. The Morgan fingerprint density at radius 3 is 2.70 bits per heavy atom. The van der Waals surface area contributed by atoms with Crippen molar-refractivity contribution >= 4 is 34.1 Å². The summed E-state index contributed by atoms with van der Waals surface area (Å²) in [6, 6.07) is 17.9. The third-order valence-electron chi connectivity index (χ3n) is 3.87. The number of methoxy groups -OCH3 is 1. The van der Waals surface area contributed by atoms with Gasteiger partial charge in [-0.2, -0.15) is 0 Å². The van der Waals surface area contributed by atoms with Gasteiger partial charge in [-0.1, -0.05) is 71.6 Å². The number of hydrogen-bond acceptors (Lipinski definition) is 6. The molecule has 0 spiro atoms. The molecule has 1 amide bonds. The van der Waals surface area contributed by atoms with Crippen LogP contribution in [0.2, 0.25) is 0 Å². The molecule has 3 aromatic rings. The normalized spacial score (nSPS) is 10.6. The topological polar surface area (TPSA) is 64.1 Å². The van der Waals surface area contributed by atoms with Gasteiger partial charge >= 0.3 is 0 Å². The van der Waals surface area contributed by atoms with Crippen molar-refractivity contribution in [3.63, 3.8) is 0 Å². The summed E-state index contributed by atoms with van der Waals surface area (Å²) in [6.07, 6.45) is 2.36. The lowest BCUT2D eigenvalue weighted by atomic mass is 10.1. The third-order valence-corrected chi connectivity index (χ3v) is 5.93. The van der Waals surface area contributed by atoms with Gasteiger partial charge in [0.15, 0.2) is 4.34 Å². The summed E-state index contributed by atoms with van der Waals surface area (Å²) in [7, 11) is 1.60. The zero-order valence-corrected chi connectivity index (χ0v) is 16.7. The molecule has 140 valence electrons. The van der Waals surface area contributed by atoms with Crippen molar-refractivity contribution in [3.8, 4) is 5.75 Å². The molecule has 0 bridgehead atoms. The van der Waals surface area contributed by atoms with Gasteiger partial charge in [0.2, 0.25) is 11.0 Å². The molecule has 5 nitrogen and oxygen atoms in total. The lowest BCUT2D eigenvalue weighted by Gasteiger charge is -2.07. The molecule has 0 aliphatic carbocycles. The predicted octanol–water partition coefficient (Wildman–Crippen LogP) is 4.45. The highest BCUT2D eigenvalue weighted by Gasteiger charge is 2.11. The Morgan fingerprint density at radius 1 is 1.11 bits per heavy atom. The molecular weight excluding hydrogens is 378 g/mol. The molecule has 3 rings (SSSR count). The molecule has 1 aromatic heterocycles. The molecule has 7 heteroatoms. The van der Waals surface area contributed by atoms with Gasteiger partial charge in [0.05, 0.1) is 13.5 Å². The summed E-state index contributed by atoms with van der Waals surface area (Å²) in [4.78, 5) is 12.2. The summed E-state index contributed by atoms with van der Waals surface area (Å²) < 4.78 is 6.15. The standard InChI is InChI=1S/C20H21N3O2S2/c1-25-17-12-6-5-11-16(17)14-18(24)21-19-22-23-20(27-19)26-13-7-10-15-8-3-2-4-9-15/h2-6,8-9,11-12H,7,10,13-14H2,1H3,(H,21,22,24). The second-order valence-corrected chi connectivity index (χ2v) is 8.17. The van der Waals surface area contributed by atoms with Crippen LogP contribution in [0.1, 0.15) is 17.5 Å². The van der Waals surface area contributed by atoms with Crippen LogP contribution in [-0.4, -0.2) is 29.0 Å². The van der Waals surface area contributed by atoms with Crippen LogP contribution in [0.4, 0.5) is 5.13 Å². The van der Waals surface area contributed by atoms with Gasteiger partial charge in [0.1, 0.15) is 5.75 Å². The smallest absolute Gasteiger partial charge is 0.230 e. The van der Waals surface area contributed by atoms with Crippen LogP contribution in [0.25, 0.3) is 0 Å². The summed E-state index contributed by atoms with van der Waals surface area (Å²) in [5.41, 5.74) is 2.19. The van der Waals surface area contributed by atoms with Crippen LogP contribution < -0.4 is 10.1 Å². The number of carbonyl (C=O) groups excluding carboxylic acids is 1. The maximum atomic E-state index is 12.2. The van der Waals surface area contributed by atoms with Gasteiger partial charge in [-0.05, 0) is 24.5 Å². The minimum atomic E-state index is -0.128. The predicted molar refractivity (Wildman–Crippen MR) is 111 cm³/mol. The van der Waals surface area contributed by atoms with E-state index in [9.17, 15) is 4.79 Å². The van der Waals surface area contributed by atoms with Crippen molar-refractivity contribution in [2.45, 2.75) is 23.6 Å². The molecule has 0 radical (unpaired) electrons. The number of hydrogen-bond donors (Lipinski definition) is 1. The quantitative estimate of drug-likeness (QED) is 0.327. The fourth-order valence-corrected chi connectivity index (χ4v) is 4.36. The number of rotatable bonds is 9. The first-order chi connectivity index (χ1) is 13.2. The van der Waals surface area contributed by atoms with Crippen LogP contribution in [0.15, 0.2) is 58.9 Å². The summed E-state index contributed by atoms with van der Waals surface area (Å²) in [5.74, 6) is 1.55. The summed E-state index contributed by atoms with van der Waals surface area (Å²) in [5, 5.41) is 11.6. The minimum absolute atomic E-state index is 0.128. The Morgan fingerprint density at radius 2 is 1.89 bits per heavy atom. The van der Waals surface area contributed by atoms with E-state index in [2.05, 4.69) is 39.8 Å². The zero-order valence-electron chi connectivity index (χ0n) is 15.1. The van der Waals surface area contributed by atoms with Crippen LogP contribution in [0.5, 0.6) is 5.75 Å².